The molecule has 1 aromatic heterocycles. The van der Waals surface area contributed by atoms with Crippen LogP contribution in [0.1, 0.15) is 18.2 Å². The van der Waals surface area contributed by atoms with Crippen LogP contribution in [-0.4, -0.2) is 33.8 Å². The van der Waals surface area contributed by atoms with Gasteiger partial charge in [-0.3, -0.25) is 4.90 Å². The van der Waals surface area contributed by atoms with Gasteiger partial charge in [0.25, 0.3) is 0 Å². The molecular weight excluding hydrogens is 279 g/mol. The third-order valence-corrected chi connectivity index (χ3v) is 3.49. The lowest BCUT2D eigenvalue weighted by Crippen LogP contribution is -2.31. The summed E-state index contributed by atoms with van der Waals surface area (Å²) in [7, 11) is 0. The van der Waals surface area contributed by atoms with Gasteiger partial charge < -0.3 is 9.67 Å². The molecule has 1 heterocycles. The van der Waals surface area contributed by atoms with Crippen molar-refractivity contribution in [3.05, 3.63) is 72.3 Å². The molecule has 0 aliphatic rings. The molecule has 118 valence electrons. The van der Waals surface area contributed by atoms with E-state index in [0.717, 1.165) is 24.3 Å². The highest BCUT2D eigenvalue weighted by molar-refractivity contribution is 5.18. The number of aliphatic hydroxyl groups is 1. The molecule has 3 nitrogen and oxygen atoms in total. The highest BCUT2D eigenvalue weighted by atomic mass is 19.1. The largest absolute Gasteiger partial charge is 0.392 e. The van der Waals surface area contributed by atoms with Crippen molar-refractivity contribution in [3.63, 3.8) is 0 Å². The first-order valence-electron chi connectivity index (χ1n) is 7.48. The van der Waals surface area contributed by atoms with Gasteiger partial charge >= 0.3 is 0 Å². The Morgan fingerprint density at radius 3 is 2.68 bits per heavy atom. The van der Waals surface area contributed by atoms with E-state index < -0.39 is 0 Å². The van der Waals surface area contributed by atoms with Crippen LogP contribution in [0.15, 0.2) is 55.3 Å². The van der Waals surface area contributed by atoms with Crippen molar-refractivity contribution >= 4 is 0 Å². The van der Waals surface area contributed by atoms with Gasteiger partial charge in [0, 0.05) is 38.1 Å². The zero-order valence-corrected chi connectivity index (χ0v) is 13.0. The summed E-state index contributed by atoms with van der Waals surface area (Å²) < 4.78 is 15.1. The predicted molar refractivity (Wildman–Crippen MR) is 87.1 cm³/mol. The fourth-order valence-electron chi connectivity index (χ4n) is 2.52. The van der Waals surface area contributed by atoms with E-state index in [1.165, 1.54) is 12.1 Å². The maximum Gasteiger partial charge on any atom is 0.123 e. The van der Waals surface area contributed by atoms with Gasteiger partial charge in [0.05, 0.1) is 6.10 Å². The monoisotopic (exact) mass is 302 g/mol. The molecule has 0 radical (unpaired) electrons. The Bertz CT molecular complexity index is 589. The number of aromatic nitrogens is 1. The van der Waals surface area contributed by atoms with Gasteiger partial charge in [0.2, 0.25) is 0 Å². The summed E-state index contributed by atoms with van der Waals surface area (Å²) in [6, 6.07) is 10.6. The van der Waals surface area contributed by atoms with E-state index in [0.29, 0.717) is 13.1 Å². The van der Waals surface area contributed by atoms with E-state index in [1.807, 2.05) is 18.3 Å². The quantitative estimate of drug-likeness (QED) is 0.759. The summed E-state index contributed by atoms with van der Waals surface area (Å²) in [5.41, 5.74) is 2.22. The molecule has 0 amide bonds. The topological polar surface area (TPSA) is 28.4 Å². The predicted octanol–water partition coefficient (Wildman–Crippen LogP) is 3.04. The Labute approximate surface area is 131 Å². The molecule has 0 saturated heterocycles. The van der Waals surface area contributed by atoms with Crippen LogP contribution in [0.25, 0.3) is 0 Å². The summed E-state index contributed by atoms with van der Waals surface area (Å²) in [4.78, 5) is 2.15. The fourth-order valence-corrected chi connectivity index (χ4v) is 2.52. The molecule has 4 heteroatoms. The molecule has 0 fully saturated rings. The summed E-state index contributed by atoms with van der Waals surface area (Å²) in [5, 5.41) is 9.59. The van der Waals surface area contributed by atoms with Crippen LogP contribution in [0, 0.1) is 5.82 Å². The molecule has 0 aliphatic carbocycles. The average Bonchev–Trinajstić information content (AvgIpc) is 2.88. The molecule has 0 saturated carbocycles. The van der Waals surface area contributed by atoms with Crippen LogP contribution in [0.5, 0.6) is 0 Å². The van der Waals surface area contributed by atoms with Crippen LogP contribution in [0.3, 0.4) is 0 Å². The molecule has 1 N–H and O–H groups in total. The van der Waals surface area contributed by atoms with Crippen molar-refractivity contribution in [1.82, 2.24) is 9.47 Å². The van der Waals surface area contributed by atoms with Crippen LogP contribution in [0.2, 0.25) is 0 Å². The Kier molecular flexibility index (Phi) is 5.92. The number of hydrogen-bond donors (Lipinski definition) is 1. The first-order valence-corrected chi connectivity index (χ1v) is 7.48. The second-order valence-electron chi connectivity index (χ2n) is 5.59. The number of hydrogen-bond acceptors (Lipinski definition) is 2. The van der Waals surface area contributed by atoms with E-state index in [9.17, 15) is 9.50 Å². The summed E-state index contributed by atoms with van der Waals surface area (Å²) >= 11 is 0. The Morgan fingerprint density at radius 1 is 1.32 bits per heavy atom. The van der Waals surface area contributed by atoms with Crippen molar-refractivity contribution in [2.24, 2.45) is 0 Å². The fraction of sp³-hybridized carbons (Fsp3) is 0.333. The van der Waals surface area contributed by atoms with Gasteiger partial charge in [0.1, 0.15) is 5.82 Å². The smallest absolute Gasteiger partial charge is 0.123 e. The van der Waals surface area contributed by atoms with E-state index in [-0.39, 0.29) is 11.9 Å². The molecular formula is C18H23FN2O. The lowest BCUT2D eigenvalue weighted by atomic mass is 10.2. The molecule has 2 aromatic rings. The maximum atomic E-state index is 13.0. The minimum absolute atomic E-state index is 0.217. The van der Waals surface area contributed by atoms with E-state index in [2.05, 4.69) is 22.1 Å². The van der Waals surface area contributed by atoms with Crippen LogP contribution in [-0.2, 0) is 13.1 Å². The zero-order valence-electron chi connectivity index (χ0n) is 13.0. The highest BCUT2D eigenvalue weighted by Gasteiger charge is 2.10. The molecule has 0 unspecified atom stereocenters. The van der Waals surface area contributed by atoms with Crippen LogP contribution >= 0.6 is 0 Å². The van der Waals surface area contributed by atoms with E-state index in [1.54, 1.807) is 19.1 Å². The number of rotatable bonds is 8. The second-order valence-corrected chi connectivity index (χ2v) is 5.59. The van der Waals surface area contributed by atoms with Gasteiger partial charge in [-0.2, -0.15) is 0 Å². The number of nitrogens with zero attached hydrogens (tertiary/aromatic N) is 2. The third-order valence-electron chi connectivity index (χ3n) is 3.49. The summed E-state index contributed by atoms with van der Waals surface area (Å²) in [6.45, 7) is 8.34. The Balaban J connectivity index is 2.07. The van der Waals surface area contributed by atoms with E-state index >= 15 is 0 Å². The Morgan fingerprint density at radius 2 is 2.05 bits per heavy atom. The van der Waals surface area contributed by atoms with Crippen molar-refractivity contribution in [1.29, 1.82) is 0 Å². The summed E-state index contributed by atoms with van der Waals surface area (Å²) in [5.74, 6) is -0.217. The van der Waals surface area contributed by atoms with Gasteiger partial charge in [0.15, 0.2) is 0 Å². The van der Waals surface area contributed by atoms with Crippen LogP contribution < -0.4 is 0 Å². The standard InChI is InChI=1S/C18H23FN2O/c1-3-10-20(12-15(2)22)14-18-5-4-11-21(18)13-16-6-8-17(19)9-7-16/h3-9,11,15,22H,1,10,12-14H2,2H3/t15-/m1/s1. The molecule has 0 spiro atoms. The second kappa shape index (κ2) is 7.92. The number of halogens is 1. The summed E-state index contributed by atoms with van der Waals surface area (Å²) in [6.07, 6.45) is 3.49. The lowest BCUT2D eigenvalue weighted by Gasteiger charge is -2.23. The van der Waals surface area contributed by atoms with Crippen molar-refractivity contribution in [2.45, 2.75) is 26.1 Å². The Hall–Kier alpha value is -1.91. The van der Waals surface area contributed by atoms with Crippen molar-refractivity contribution in [3.8, 4) is 0 Å². The molecule has 2 rings (SSSR count). The first-order chi connectivity index (χ1) is 10.6. The van der Waals surface area contributed by atoms with Crippen molar-refractivity contribution in [2.75, 3.05) is 13.1 Å². The van der Waals surface area contributed by atoms with Gasteiger partial charge in [-0.1, -0.05) is 18.2 Å². The molecule has 22 heavy (non-hydrogen) atoms. The van der Waals surface area contributed by atoms with Crippen LogP contribution in [0.4, 0.5) is 4.39 Å². The number of benzene rings is 1. The molecule has 1 atom stereocenters. The molecule has 1 aromatic carbocycles. The molecule has 0 aliphatic heterocycles. The lowest BCUT2D eigenvalue weighted by molar-refractivity contribution is 0.128. The SMILES string of the molecule is C=CCN(Cc1cccn1Cc1ccc(F)cc1)C[C@@H](C)O. The van der Waals surface area contributed by atoms with Gasteiger partial charge in [-0.05, 0) is 36.8 Å². The number of aliphatic hydroxyl groups excluding tert-OH is 1. The normalized spacial score (nSPS) is 12.5. The first kappa shape index (κ1) is 16.5. The van der Waals surface area contributed by atoms with Gasteiger partial charge in [-0.25, -0.2) is 4.39 Å². The van der Waals surface area contributed by atoms with Gasteiger partial charge in [-0.15, -0.1) is 6.58 Å². The minimum atomic E-state index is -0.375. The van der Waals surface area contributed by atoms with E-state index in [4.69, 9.17) is 0 Å². The maximum absolute atomic E-state index is 13.0. The molecule has 0 bridgehead atoms. The van der Waals surface area contributed by atoms with Crippen molar-refractivity contribution < 1.29 is 9.50 Å². The highest BCUT2D eigenvalue weighted by Crippen LogP contribution is 2.11. The third kappa shape index (κ3) is 4.83. The average molecular weight is 302 g/mol. The zero-order chi connectivity index (χ0) is 15.9. The minimum Gasteiger partial charge on any atom is -0.392 e.